The van der Waals surface area contributed by atoms with Gasteiger partial charge in [0.15, 0.2) is 0 Å². The summed E-state index contributed by atoms with van der Waals surface area (Å²) in [6, 6.07) is 17.8. The standard InChI is InChI=1S/C24H27NO3/c1-2-3-16-27-22-14-10-20(11-15-22)19-6-8-21(9-7-19)24(26)28-23-12-4-18(17-25)5-13-23/h6-11,14-15,18,23H,2-5,12-13,16H2,1H3/t18-,23-. The van der Waals surface area contributed by atoms with Gasteiger partial charge in [0.1, 0.15) is 11.9 Å². The molecule has 4 heteroatoms. The first kappa shape index (κ1) is 19.9. The van der Waals surface area contributed by atoms with Crippen molar-refractivity contribution in [1.29, 1.82) is 5.26 Å². The summed E-state index contributed by atoms with van der Waals surface area (Å²) >= 11 is 0. The number of esters is 1. The van der Waals surface area contributed by atoms with Crippen LogP contribution in [-0.2, 0) is 4.74 Å². The van der Waals surface area contributed by atoms with Crippen LogP contribution < -0.4 is 4.74 Å². The van der Waals surface area contributed by atoms with Crippen LogP contribution in [0.4, 0.5) is 0 Å². The molecule has 3 rings (SSSR count). The molecule has 0 unspecified atom stereocenters. The van der Waals surface area contributed by atoms with Gasteiger partial charge >= 0.3 is 5.97 Å². The van der Waals surface area contributed by atoms with E-state index in [-0.39, 0.29) is 18.0 Å². The highest BCUT2D eigenvalue weighted by atomic mass is 16.5. The van der Waals surface area contributed by atoms with Gasteiger partial charge in [-0.25, -0.2) is 4.79 Å². The Bertz CT molecular complexity index is 797. The van der Waals surface area contributed by atoms with Crippen molar-refractivity contribution in [1.82, 2.24) is 0 Å². The second-order valence-corrected chi connectivity index (χ2v) is 7.31. The van der Waals surface area contributed by atoms with Crippen molar-refractivity contribution in [2.24, 2.45) is 5.92 Å². The molecule has 1 fully saturated rings. The smallest absolute Gasteiger partial charge is 0.338 e. The average Bonchev–Trinajstić information content (AvgIpc) is 2.75. The van der Waals surface area contributed by atoms with Crippen LogP contribution in [0.15, 0.2) is 48.5 Å². The van der Waals surface area contributed by atoms with Crippen molar-refractivity contribution in [2.45, 2.75) is 51.6 Å². The minimum Gasteiger partial charge on any atom is -0.494 e. The van der Waals surface area contributed by atoms with E-state index in [1.807, 2.05) is 48.5 Å². The highest BCUT2D eigenvalue weighted by Crippen LogP contribution is 2.27. The molecule has 4 nitrogen and oxygen atoms in total. The maximum Gasteiger partial charge on any atom is 0.338 e. The van der Waals surface area contributed by atoms with Gasteiger partial charge in [-0.1, -0.05) is 37.6 Å². The van der Waals surface area contributed by atoms with Crippen molar-refractivity contribution in [2.75, 3.05) is 6.61 Å². The van der Waals surface area contributed by atoms with Crippen LogP contribution in [0, 0.1) is 17.2 Å². The second kappa shape index (κ2) is 9.94. The maximum absolute atomic E-state index is 12.4. The maximum atomic E-state index is 12.4. The van der Waals surface area contributed by atoms with E-state index in [0.29, 0.717) is 5.56 Å². The molecule has 1 aliphatic carbocycles. The lowest BCUT2D eigenvalue weighted by molar-refractivity contribution is 0.0187. The number of nitrogens with zero attached hydrogens (tertiary/aromatic N) is 1. The van der Waals surface area contributed by atoms with Crippen LogP contribution in [0.3, 0.4) is 0 Å². The lowest BCUT2D eigenvalue weighted by Gasteiger charge is -2.24. The Kier molecular flexibility index (Phi) is 7.08. The molecule has 0 spiro atoms. The fraction of sp³-hybridized carbons (Fsp3) is 0.417. The van der Waals surface area contributed by atoms with Gasteiger partial charge in [0.2, 0.25) is 0 Å². The molecule has 146 valence electrons. The number of carbonyl (C=O) groups excluding carboxylic acids is 1. The van der Waals surface area contributed by atoms with E-state index < -0.39 is 0 Å². The van der Waals surface area contributed by atoms with Gasteiger partial charge in [0.05, 0.1) is 18.2 Å². The number of ether oxygens (including phenoxy) is 2. The predicted octanol–water partition coefficient (Wildman–Crippen LogP) is 5.77. The largest absolute Gasteiger partial charge is 0.494 e. The summed E-state index contributed by atoms with van der Waals surface area (Å²) in [6.07, 6.45) is 5.27. The van der Waals surface area contributed by atoms with E-state index >= 15 is 0 Å². The van der Waals surface area contributed by atoms with Crippen LogP contribution >= 0.6 is 0 Å². The number of nitriles is 1. The Morgan fingerprint density at radius 1 is 1.00 bits per heavy atom. The summed E-state index contributed by atoms with van der Waals surface area (Å²) in [6.45, 7) is 2.88. The first-order chi connectivity index (χ1) is 13.7. The van der Waals surface area contributed by atoms with Crippen LogP contribution in [0.5, 0.6) is 5.75 Å². The summed E-state index contributed by atoms with van der Waals surface area (Å²) in [5.74, 6) is 0.702. The van der Waals surface area contributed by atoms with Gasteiger partial charge in [0.25, 0.3) is 0 Å². The summed E-state index contributed by atoms with van der Waals surface area (Å²) in [5, 5.41) is 8.96. The Hall–Kier alpha value is -2.80. The van der Waals surface area contributed by atoms with Crippen molar-refractivity contribution in [3.8, 4) is 22.9 Å². The van der Waals surface area contributed by atoms with Crippen molar-refractivity contribution >= 4 is 5.97 Å². The Morgan fingerprint density at radius 2 is 1.61 bits per heavy atom. The molecule has 0 bridgehead atoms. The fourth-order valence-electron chi connectivity index (χ4n) is 3.41. The molecule has 0 atom stereocenters. The van der Waals surface area contributed by atoms with Crippen molar-refractivity contribution in [3.05, 3.63) is 54.1 Å². The van der Waals surface area contributed by atoms with E-state index in [1.54, 1.807) is 0 Å². The third-order valence-electron chi connectivity index (χ3n) is 5.21. The number of rotatable bonds is 7. The molecule has 0 aliphatic heterocycles. The molecular formula is C24H27NO3. The molecule has 0 amide bonds. The highest BCUT2D eigenvalue weighted by molar-refractivity contribution is 5.90. The zero-order valence-corrected chi connectivity index (χ0v) is 16.4. The Morgan fingerprint density at radius 3 is 2.18 bits per heavy atom. The van der Waals surface area contributed by atoms with E-state index in [4.69, 9.17) is 14.7 Å². The van der Waals surface area contributed by atoms with Crippen LogP contribution in [0.25, 0.3) is 11.1 Å². The SMILES string of the molecule is CCCCOc1ccc(-c2ccc(C(=O)O[C@H]3CC[C@H](C#N)CC3)cc2)cc1. The van der Waals surface area contributed by atoms with Gasteiger partial charge in [0, 0.05) is 5.92 Å². The Labute approximate surface area is 167 Å². The number of hydrogen-bond acceptors (Lipinski definition) is 4. The first-order valence-corrected chi connectivity index (χ1v) is 10.1. The van der Waals surface area contributed by atoms with Gasteiger partial charge < -0.3 is 9.47 Å². The van der Waals surface area contributed by atoms with Gasteiger partial charge in [-0.15, -0.1) is 0 Å². The Balaban J connectivity index is 1.55. The number of unbranched alkanes of at least 4 members (excludes halogenated alkanes) is 1. The molecule has 0 aromatic heterocycles. The first-order valence-electron chi connectivity index (χ1n) is 10.1. The molecule has 0 N–H and O–H groups in total. The van der Waals surface area contributed by atoms with Crippen molar-refractivity contribution in [3.63, 3.8) is 0 Å². The third-order valence-corrected chi connectivity index (χ3v) is 5.21. The highest BCUT2D eigenvalue weighted by Gasteiger charge is 2.24. The van der Waals surface area contributed by atoms with Crippen LogP contribution in [0.1, 0.15) is 55.8 Å². The molecule has 0 heterocycles. The summed E-state index contributed by atoms with van der Waals surface area (Å²) in [5.41, 5.74) is 2.69. The van der Waals surface area contributed by atoms with E-state index in [1.165, 1.54) is 0 Å². The van der Waals surface area contributed by atoms with E-state index in [0.717, 1.165) is 62.0 Å². The zero-order chi connectivity index (χ0) is 19.8. The van der Waals surface area contributed by atoms with Crippen LogP contribution in [-0.4, -0.2) is 18.7 Å². The average molecular weight is 377 g/mol. The zero-order valence-electron chi connectivity index (χ0n) is 16.4. The minimum atomic E-state index is -0.286. The number of hydrogen-bond donors (Lipinski definition) is 0. The molecule has 2 aromatic carbocycles. The fourth-order valence-corrected chi connectivity index (χ4v) is 3.41. The number of carbonyl (C=O) groups is 1. The quantitative estimate of drug-likeness (QED) is 0.454. The summed E-state index contributed by atoms with van der Waals surface area (Å²) < 4.78 is 11.3. The lowest BCUT2D eigenvalue weighted by atomic mass is 9.88. The van der Waals surface area contributed by atoms with E-state index in [2.05, 4.69) is 13.0 Å². The number of benzene rings is 2. The molecule has 0 saturated heterocycles. The predicted molar refractivity (Wildman–Crippen MR) is 109 cm³/mol. The van der Waals surface area contributed by atoms with Gasteiger partial charge in [-0.05, 0) is 67.5 Å². The molecule has 2 aromatic rings. The molecule has 1 aliphatic rings. The van der Waals surface area contributed by atoms with Gasteiger partial charge in [-0.3, -0.25) is 0 Å². The monoisotopic (exact) mass is 377 g/mol. The summed E-state index contributed by atoms with van der Waals surface area (Å²) in [4.78, 5) is 12.4. The molecule has 28 heavy (non-hydrogen) atoms. The van der Waals surface area contributed by atoms with E-state index in [9.17, 15) is 4.79 Å². The van der Waals surface area contributed by atoms with Crippen molar-refractivity contribution < 1.29 is 14.3 Å². The normalized spacial score (nSPS) is 18.9. The lowest BCUT2D eigenvalue weighted by Crippen LogP contribution is -2.24. The minimum absolute atomic E-state index is 0.0722. The third kappa shape index (κ3) is 5.36. The topological polar surface area (TPSA) is 59.3 Å². The van der Waals surface area contributed by atoms with Crippen LogP contribution in [0.2, 0.25) is 0 Å². The molecule has 0 radical (unpaired) electrons. The summed E-state index contributed by atoms with van der Waals surface area (Å²) in [7, 11) is 0. The molecule has 1 saturated carbocycles. The second-order valence-electron chi connectivity index (χ2n) is 7.31. The molecular weight excluding hydrogens is 350 g/mol. The van der Waals surface area contributed by atoms with Gasteiger partial charge in [-0.2, -0.15) is 5.26 Å².